The zero-order valence-corrected chi connectivity index (χ0v) is 6.51. The van der Waals surface area contributed by atoms with Crippen LogP contribution in [0.15, 0.2) is 0 Å². The lowest BCUT2D eigenvalue weighted by Crippen LogP contribution is -2.39. The molecule has 0 bridgehead atoms. The highest BCUT2D eigenvalue weighted by Gasteiger charge is 2.29. The summed E-state index contributed by atoms with van der Waals surface area (Å²) < 4.78 is 4.19. The van der Waals surface area contributed by atoms with Gasteiger partial charge >= 0.3 is 9.05 Å². The van der Waals surface area contributed by atoms with Crippen LogP contribution >= 0.6 is 11.6 Å². The topological polar surface area (TPSA) is 69.9 Å². The van der Waals surface area contributed by atoms with Gasteiger partial charge in [-0.1, -0.05) is 0 Å². The molecule has 9 heavy (non-hydrogen) atoms. The normalized spacial score (nSPS) is 12.0. The molecule has 0 rings (SSSR count). The number of hydrogen-bond donors (Lipinski definition) is 3. The molecule has 0 unspecified atom stereocenters. The van der Waals surface area contributed by atoms with E-state index in [9.17, 15) is 0 Å². The summed E-state index contributed by atoms with van der Waals surface area (Å²) in [4.78, 5) is 24.7. The lowest BCUT2D eigenvalue weighted by Gasteiger charge is -2.07. The summed E-state index contributed by atoms with van der Waals surface area (Å²) in [6.07, 6.45) is 0.498. The van der Waals surface area contributed by atoms with Gasteiger partial charge in [0.05, 0.1) is 0 Å². The molecule has 0 saturated carbocycles. The minimum atomic E-state index is -4.25. The van der Waals surface area contributed by atoms with Crippen LogP contribution in [0, 0.1) is 0 Å². The van der Waals surface area contributed by atoms with Crippen molar-refractivity contribution < 1.29 is 18.8 Å². The molecule has 0 amide bonds. The average molecular weight is 173 g/mol. The first-order valence-corrected chi connectivity index (χ1v) is 4.72. The fourth-order valence-corrected chi connectivity index (χ4v) is 0.791. The largest absolute Gasteiger partial charge is 0.671 e. The third-order valence-electron chi connectivity index (χ3n) is 0.574. The first-order chi connectivity index (χ1) is 4.06. The van der Waals surface area contributed by atoms with Gasteiger partial charge in [0, 0.05) is 12.5 Å². The van der Waals surface area contributed by atoms with Crippen LogP contribution in [0.4, 0.5) is 0 Å². The Balaban J connectivity index is 3.07. The van der Waals surface area contributed by atoms with E-state index in [0.717, 1.165) is 0 Å². The fraction of sp³-hybridized carbons (Fsp3) is 1.00. The number of hydrogen-bond acceptors (Lipinski definition) is 4. The van der Waals surface area contributed by atoms with Gasteiger partial charge in [0.1, 0.15) is 0 Å². The van der Waals surface area contributed by atoms with Crippen molar-refractivity contribution in [2.45, 2.75) is 6.42 Å². The summed E-state index contributed by atoms with van der Waals surface area (Å²) in [7, 11) is -4.25. The van der Waals surface area contributed by atoms with Crippen LogP contribution in [0.1, 0.15) is 6.42 Å². The minimum absolute atomic E-state index is 0.0826. The van der Waals surface area contributed by atoms with Gasteiger partial charge in [-0.3, -0.25) is 0 Å². The van der Waals surface area contributed by atoms with Gasteiger partial charge in [0.15, 0.2) is 0 Å². The lowest BCUT2D eigenvalue weighted by molar-refractivity contribution is 0.0638. The fourth-order valence-electron chi connectivity index (χ4n) is 0.264. The molecule has 3 N–H and O–H groups in total. The molecular weight excluding hydrogens is 164 g/mol. The molecule has 0 spiro atoms. The van der Waals surface area contributed by atoms with E-state index in [1.807, 2.05) is 0 Å². The van der Waals surface area contributed by atoms with Crippen molar-refractivity contribution in [1.29, 1.82) is 0 Å². The third-order valence-corrected chi connectivity index (χ3v) is 1.43. The Bertz CT molecular complexity index is 72.7. The quantitative estimate of drug-likeness (QED) is 0.291. The van der Waals surface area contributed by atoms with E-state index < -0.39 is 9.05 Å². The van der Waals surface area contributed by atoms with Crippen LogP contribution in [0.5, 0.6) is 0 Å². The van der Waals surface area contributed by atoms with Crippen molar-refractivity contribution in [3.8, 4) is 0 Å². The van der Waals surface area contributed by atoms with E-state index >= 15 is 0 Å². The van der Waals surface area contributed by atoms with Crippen molar-refractivity contribution in [3.63, 3.8) is 0 Å². The highest BCUT2D eigenvalue weighted by atomic mass is 35.5. The Morgan fingerprint density at radius 3 is 2.22 bits per heavy atom. The first-order valence-electron chi connectivity index (χ1n) is 2.43. The van der Waals surface area contributed by atoms with Crippen molar-refractivity contribution in [1.82, 2.24) is 0 Å². The highest BCUT2D eigenvalue weighted by molar-refractivity contribution is 6.48. The predicted octanol–water partition coefficient (Wildman–Crippen LogP) is -0.956. The number of halogens is 1. The van der Waals surface area contributed by atoms with Crippen LogP contribution in [-0.2, 0) is 4.43 Å². The van der Waals surface area contributed by atoms with E-state index in [0.29, 0.717) is 12.3 Å². The maximum absolute atomic E-state index is 8.23. The summed E-state index contributed by atoms with van der Waals surface area (Å²) in [5.74, 6) is 0.379. The molecule has 0 aliphatic heterocycles. The predicted molar refractivity (Wildman–Crippen MR) is 33.7 cm³/mol. The molecule has 0 radical (unpaired) electrons. The third kappa shape index (κ3) is 8.35. The van der Waals surface area contributed by atoms with Gasteiger partial charge in [-0.2, -0.15) is 0 Å². The van der Waals surface area contributed by atoms with Crippen molar-refractivity contribution in [2.75, 3.05) is 12.5 Å². The van der Waals surface area contributed by atoms with Gasteiger partial charge in [-0.15, -0.1) is 11.6 Å². The summed E-state index contributed by atoms with van der Waals surface area (Å²) in [6, 6.07) is 0. The van der Waals surface area contributed by atoms with E-state index in [4.69, 9.17) is 26.0 Å². The lowest BCUT2D eigenvalue weighted by atomic mass is 10.5. The Morgan fingerprint density at radius 2 is 1.89 bits per heavy atom. The van der Waals surface area contributed by atoms with E-state index in [2.05, 4.69) is 4.43 Å². The van der Waals surface area contributed by atoms with Crippen LogP contribution in [-0.4, -0.2) is 35.9 Å². The van der Waals surface area contributed by atoms with Gasteiger partial charge in [-0.05, 0) is 6.42 Å². The van der Waals surface area contributed by atoms with Crippen LogP contribution in [0.2, 0.25) is 0 Å². The molecule has 6 heteroatoms. The molecule has 0 aliphatic carbocycles. The Kier molecular flexibility index (Phi) is 4.37. The highest BCUT2D eigenvalue weighted by Crippen LogP contribution is 1.92. The van der Waals surface area contributed by atoms with E-state index in [-0.39, 0.29) is 6.61 Å². The number of alkyl halides is 1. The van der Waals surface area contributed by atoms with Crippen LogP contribution in [0.3, 0.4) is 0 Å². The van der Waals surface area contributed by atoms with Crippen molar-refractivity contribution in [2.24, 2.45) is 0 Å². The molecule has 56 valence electrons. The molecule has 4 nitrogen and oxygen atoms in total. The number of rotatable bonds is 4. The maximum Gasteiger partial charge on any atom is 0.671 e. The van der Waals surface area contributed by atoms with Crippen LogP contribution in [0.25, 0.3) is 0 Å². The second-order valence-electron chi connectivity index (χ2n) is 1.46. The molecule has 0 aliphatic rings. The minimum Gasteiger partial charge on any atom is -0.368 e. The zero-order valence-electron chi connectivity index (χ0n) is 4.75. The summed E-state index contributed by atoms with van der Waals surface area (Å²) >= 11 is 5.22. The SMILES string of the molecule is O[Si](O)(O)OCCCCl. The molecule has 0 aromatic carbocycles. The molecule has 0 aromatic heterocycles. The van der Waals surface area contributed by atoms with E-state index in [1.54, 1.807) is 0 Å². The molecule has 0 atom stereocenters. The monoisotopic (exact) mass is 172 g/mol. The van der Waals surface area contributed by atoms with Gasteiger partial charge < -0.3 is 18.8 Å². The maximum atomic E-state index is 8.23. The summed E-state index contributed by atoms with van der Waals surface area (Å²) in [6.45, 7) is 0.0826. The molecular formula is C3H9ClO4Si. The Morgan fingerprint density at radius 1 is 1.33 bits per heavy atom. The van der Waals surface area contributed by atoms with Gasteiger partial charge in [0.25, 0.3) is 0 Å². The van der Waals surface area contributed by atoms with Gasteiger partial charge in [0.2, 0.25) is 0 Å². The van der Waals surface area contributed by atoms with Gasteiger partial charge in [-0.25, -0.2) is 0 Å². The second-order valence-corrected chi connectivity index (χ2v) is 3.28. The summed E-state index contributed by atoms with van der Waals surface area (Å²) in [5.41, 5.74) is 0. The van der Waals surface area contributed by atoms with Crippen LogP contribution < -0.4 is 0 Å². The summed E-state index contributed by atoms with van der Waals surface area (Å²) in [5, 5.41) is 0. The van der Waals surface area contributed by atoms with Crippen molar-refractivity contribution in [3.05, 3.63) is 0 Å². The Labute approximate surface area is 59.1 Å². The first kappa shape index (κ1) is 9.35. The smallest absolute Gasteiger partial charge is 0.368 e. The molecule has 0 saturated heterocycles. The van der Waals surface area contributed by atoms with E-state index in [1.165, 1.54) is 0 Å². The average Bonchev–Trinajstić information content (AvgIpc) is 1.63. The zero-order chi connectivity index (χ0) is 7.33. The standard InChI is InChI=1S/C3H9ClO4Si/c4-2-1-3-8-9(5,6)7/h5-7H,1-3H2. The Hall–Kier alpha value is 0.347. The second kappa shape index (κ2) is 4.21. The van der Waals surface area contributed by atoms with Crippen molar-refractivity contribution >= 4 is 20.6 Å². The molecule has 0 heterocycles. The molecule has 0 aromatic rings. The molecule has 0 fully saturated rings.